The molecule has 0 radical (unpaired) electrons. The van der Waals surface area contributed by atoms with Crippen LogP contribution in [0.25, 0.3) is 0 Å². The second kappa shape index (κ2) is 9.79. The number of aromatic nitrogens is 2. The van der Waals surface area contributed by atoms with Crippen LogP contribution in [0, 0.1) is 0 Å². The fourth-order valence-corrected chi connectivity index (χ4v) is 5.21. The number of phosphoric ester groups is 2. The lowest BCUT2D eigenvalue weighted by Crippen LogP contribution is -2.54. The Balaban J connectivity index is 1.68. The number of Topliss-reactive ketones (excluding diaryl/α,β-unsaturated/α-hetero) is 1. The minimum absolute atomic E-state index is 0.160. The van der Waals surface area contributed by atoms with E-state index in [1.165, 1.54) is 0 Å². The van der Waals surface area contributed by atoms with Crippen molar-refractivity contribution in [1.29, 1.82) is 0 Å². The lowest BCUT2D eigenvalue weighted by molar-refractivity contribution is -0.226. The molecule has 0 spiro atoms. The summed E-state index contributed by atoms with van der Waals surface area (Å²) in [5, 5.41) is 39.5. The molecule has 10 atom stereocenters. The van der Waals surface area contributed by atoms with Gasteiger partial charge in [0.25, 0.3) is 0 Å². The zero-order chi connectivity index (χ0) is 25.6. The first-order valence-corrected chi connectivity index (χ1v) is 12.3. The summed E-state index contributed by atoms with van der Waals surface area (Å²) in [7, 11) is -11.2. The van der Waals surface area contributed by atoms with E-state index in [-0.39, 0.29) is 5.82 Å². The van der Waals surface area contributed by atoms with E-state index in [0.29, 0.717) is 4.57 Å². The number of phosphoric acid groups is 2. The summed E-state index contributed by atoms with van der Waals surface area (Å²) in [4.78, 5) is 46.4. The molecular formula is C14H21N3O15P2. The van der Waals surface area contributed by atoms with Gasteiger partial charge in [-0.25, -0.2) is 13.9 Å². The minimum Gasteiger partial charge on any atom is -0.385 e. The predicted octanol–water partition coefficient (Wildman–Crippen LogP) is -3.31. The molecule has 3 heterocycles. The predicted molar refractivity (Wildman–Crippen MR) is 103 cm³/mol. The molecule has 1 aromatic rings. The Morgan fingerprint density at radius 2 is 1.56 bits per heavy atom. The summed E-state index contributed by atoms with van der Waals surface area (Å²) >= 11 is 0. The molecule has 0 amide bonds. The molecule has 34 heavy (non-hydrogen) atoms. The van der Waals surface area contributed by atoms with Gasteiger partial charge in [-0.05, 0) is 13.0 Å². The van der Waals surface area contributed by atoms with Crippen LogP contribution in [0.4, 0.5) is 5.82 Å². The van der Waals surface area contributed by atoms with E-state index in [4.69, 9.17) is 15.2 Å². The van der Waals surface area contributed by atoms with Crippen molar-refractivity contribution in [3.8, 4) is 0 Å². The van der Waals surface area contributed by atoms with Gasteiger partial charge < -0.3 is 45.4 Å². The number of hydrogen-bond acceptors (Lipinski definition) is 15. The van der Waals surface area contributed by atoms with E-state index in [2.05, 4.69) is 18.3 Å². The van der Waals surface area contributed by atoms with Crippen molar-refractivity contribution in [2.75, 3.05) is 5.73 Å². The van der Waals surface area contributed by atoms with Gasteiger partial charge in [0.1, 0.15) is 36.3 Å². The monoisotopic (exact) mass is 533 g/mol. The van der Waals surface area contributed by atoms with Crippen LogP contribution in [0.3, 0.4) is 0 Å². The molecule has 8 N–H and O–H groups in total. The molecule has 2 aliphatic heterocycles. The van der Waals surface area contributed by atoms with Crippen molar-refractivity contribution in [3.63, 3.8) is 0 Å². The van der Waals surface area contributed by atoms with Gasteiger partial charge in [-0.3, -0.25) is 18.4 Å². The van der Waals surface area contributed by atoms with Crippen molar-refractivity contribution in [2.24, 2.45) is 0 Å². The van der Waals surface area contributed by atoms with Gasteiger partial charge in [0, 0.05) is 6.20 Å². The lowest BCUT2D eigenvalue weighted by atomic mass is 10.0. The van der Waals surface area contributed by atoms with E-state index in [0.717, 1.165) is 19.2 Å². The van der Waals surface area contributed by atoms with Crippen LogP contribution in [0.1, 0.15) is 13.2 Å². The maximum Gasteiger partial charge on any atom is 0.483 e. The summed E-state index contributed by atoms with van der Waals surface area (Å²) in [6.07, 6.45) is -14.4. The molecule has 3 unspecified atom stereocenters. The first-order valence-electron chi connectivity index (χ1n) is 9.27. The Morgan fingerprint density at radius 3 is 2.12 bits per heavy atom. The Labute approximate surface area is 189 Å². The molecule has 2 fully saturated rings. The molecule has 192 valence electrons. The third-order valence-corrected chi connectivity index (χ3v) is 7.23. The standard InChI is InChI=1S/C14H21N3O15P2/c1-4-6(18)7(19)9(21)12(28-4)30-33(24,25)32-34(26,27)31-13-10(22)8(20)11(29-13)17-3-2-5(15)16-14(17)23/h2-4,7-13,19-22H,1H3,(H,24,25)(H,26,27)(H2,15,16,23)/t4-,7+,8-,9-,10+,11-,12?,13-/m1/s1. The quantitative estimate of drug-likeness (QED) is 0.169. The number of nitrogen functional groups attached to an aromatic ring is 1. The Morgan fingerprint density at radius 1 is 1.00 bits per heavy atom. The highest BCUT2D eigenvalue weighted by atomic mass is 31.3. The van der Waals surface area contributed by atoms with Gasteiger partial charge in [0.2, 0.25) is 0 Å². The van der Waals surface area contributed by atoms with E-state index in [9.17, 15) is 48.9 Å². The number of nitrogens with two attached hydrogens (primary N) is 1. The molecular weight excluding hydrogens is 512 g/mol. The third kappa shape index (κ3) is 5.77. The highest BCUT2D eigenvalue weighted by molar-refractivity contribution is 7.61. The number of carbonyl (C=O) groups excluding carboxylic acids is 1. The lowest BCUT2D eigenvalue weighted by Gasteiger charge is -2.34. The molecule has 3 rings (SSSR count). The Bertz CT molecular complexity index is 1080. The maximum atomic E-state index is 12.2. The molecule has 20 heteroatoms. The average Bonchev–Trinajstić information content (AvgIpc) is 2.97. The summed E-state index contributed by atoms with van der Waals surface area (Å²) in [6.45, 7) is 1.14. The molecule has 0 saturated carbocycles. The zero-order valence-corrected chi connectivity index (χ0v) is 18.8. The van der Waals surface area contributed by atoms with Crippen LogP contribution >= 0.6 is 15.6 Å². The van der Waals surface area contributed by atoms with Gasteiger partial charge in [-0.1, -0.05) is 0 Å². The smallest absolute Gasteiger partial charge is 0.385 e. The van der Waals surface area contributed by atoms with Crippen LogP contribution in [-0.2, 0) is 36.8 Å². The number of anilines is 1. The fourth-order valence-electron chi connectivity index (χ4n) is 2.99. The summed E-state index contributed by atoms with van der Waals surface area (Å²) in [5.74, 6) is -1.11. The Hall–Kier alpha value is -1.63. The SMILES string of the molecule is C[C@H]1OC(OP(=O)(O)OP(=O)(O)O[C@H]2O[C@@H](n3ccc(N)nc3=O)[C@H](O)[C@@H]2O)[C@H](O)[C@@H](O)C1=O. The highest BCUT2D eigenvalue weighted by Crippen LogP contribution is 2.62. The molecule has 0 aromatic carbocycles. The molecule has 0 bridgehead atoms. The minimum atomic E-state index is -5.62. The number of rotatable bonds is 7. The molecule has 2 saturated heterocycles. The van der Waals surface area contributed by atoms with Crippen LogP contribution in [-0.4, -0.2) is 88.6 Å². The van der Waals surface area contributed by atoms with Crippen molar-refractivity contribution in [3.05, 3.63) is 22.7 Å². The number of ketones is 1. The number of hydrogen-bond donors (Lipinski definition) is 7. The Kier molecular flexibility index (Phi) is 7.76. The van der Waals surface area contributed by atoms with Gasteiger partial charge in [-0.15, -0.1) is 0 Å². The topological polar surface area (TPSA) is 280 Å². The summed E-state index contributed by atoms with van der Waals surface area (Å²) in [6, 6.07) is 1.16. The summed E-state index contributed by atoms with van der Waals surface area (Å²) in [5.41, 5.74) is 4.34. The summed E-state index contributed by atoms with van der Waals surface area (Å²) < 4.78 is 47.9. The van der Waals surface area contributed by atoms with Crippen LogP contribution in [0.5, 0.6) is 0 Å². The molecule has 18 nitrogen and oxygen atoms in total. The van der Waals surface area contributed by atoms with Gasteiger partial charge in [0.15, 0.2) is 24.6 Å². The number of nitrogens with zero attached hydrogens (tertiary/aromatic N) is 2. The second-order valence-corrected chi connectivity index (χ2v) is 10.1. The normalized spacial score (nSPS) is 37.8. The largest absolute Gasteiger partial charge is 0.483 e. The first-order chi connectivity index (χ1) is 15.6. The molecule has 2 aliphatic rings. The second-order valence-electron chi connectivity index (χ2n) is 7.13. The van der Waals surface area contributed by atoms with Crippen molar-refractivity contribution in [2.45, 2.75) is 56.3 Å². The highest BCUT2D eigenvalue weighted by Gasteiger charge is 2.51. The number of aliphatic hydroxyl groups is 4. The number of aliphatic hydroxyl groups excluding tert-OH is 4. The average molecular weight is 533 g/mol. The first kappa shape index (κ1) is 27.0. The molecule has 0 aliphatic carbocycles. The zero-order valence-electron chi connectivity index (χ0n) is 17.0. The van der Waals surface area contributed by atoms with Gasteiger partial charge >= 0.3 is 21.3 Å². The van der Waals surface area contributed by atoms with Crippen LogP contribution in [0.15, 0.2) is 17.1 Å². The fraction of sp³-hybridized carbons (Fsp3) is 0.643. The van der Waals surface area contributed by atoms with E-state index in [1.807, 2.05) is 0 Å². The van der Waals surface area contributed by atoms with Crippen molar-refractivity contribution < 1.29 is 67.0 Å². The third-order valence-electron chi connectivity index (χ3n) is 4.63. The van der Waals surface area contributed by atoms with E-state index in [1.54, 1.807) is 0 Å². The van der Waals surface area contributed by atoms with Gasteiger partial charge in [0.05, 0.1) is 0 Å². The van der Waals surface area contributed by atoms with Gasteiger partial charge in [-0.2, -0.15) is 9.29 Å². The van der Waals surface area contributed by atoms with Crippen molar-refractivity contribution in [1.82, 2.24) is 9.55 Å². The van der Waals surface area contributed by atoms with Crippen LogP contribution in [0.2, 0.25) is 0 Å². The maximum absolute atomic E-state index is 12.2. The van der Waals surface area contributed by atoms with E-state index >= 15 is 0 Å². The number of ether oxygens (including phenoxy) is 2. The molecule has 1 aromatic heterocycles. The van der Waals surface area contributed by atoms with E-state index < -0.39 is 76.4 Å². The van der Waals surface area contributed by atoms with Crippen molar-refractivity contribution >= 4 is 27.2 Å². The number of carbonyl (C=O) groups is 1. The van der Waals surface area contributed by atoms with Crippen LogP contribution < -0.4 is 11.4 Å².